The number of aliphatic hydroxyl groups is 2. The van der Waals surface area contributed by atoms with Gasteiger partial charge in [-0.1, -0.05) is 12.1 Å². The first kappa shape index (κ1) is 24.8. The molecule has 31 heavy (non-hydrogen) atoms. The van der Waals surface area contributed by atoms with Crippen molar-refractivity contribution < 1.29 is 37.6 Å². The Labute approximate surface area is 180 Å². The van der Waals surface area contributed by atoms with Crippen LogP contribution in [0.3, 0.4) is 0 Å². The summed E-state index contributed by atoms with van der Waals surface area (Å²) in [5.74, 6) is 0.763. The molecule has 0 aliphatic heterocycles. The summed E-state index contributed by atoms with van der Waals surface area (Å²) >= 11 is 0. The van der Waals surface area contributed by atoms with E-state index >= 15 is 0 Å². The maximum absolute atomic E-state index is 13.5. The molecule has 2 rings (SSSR count). The molecule has 0 atom stereocenters. The molecule has 8 heteroatoms. The Bertz CT molecular complexity index is 819. The van der Waals surface area contributed by atoms with Crippen molar-refractivity contribution in [1.82, 2.24) is 0 Å². The summed E-state index contributed by atoms with van der Waals surface area (Å²) in [4.78, 5) is 0. The standard InChI is InChI=1S/C23H29F3O5/c1-29-19-9-8-18(22(13-19)30-2)4-3-11-31-21-10-7-16(5-6-17(14-27)15-28)12-20(21)23(24,25)26/h7-10,12-13,17,27-28H,3-6,11,14-15H2,1-2H3. The number of rotatable bonds is 12. The fourth-order valence-electron chi connectivity index (χ4n) is 3.19. The maximum atomic E-state index is 13.5. The molecule has 0 radical (unpaired) electrons. The van der Waals surface area contributed by atoms with E-state index in [2.05, 4.69) is 0 Å². The summed E-state index contributed by atoms with van der Waals surface area (Å²) in [5.41, 5.74) is 0.576. The van der Waals surface area contributed by atoms with Crippen LogP contribution in [0.25, 0.3) is 0 Å². The number of alkyl halides is 3. The number of hydrogen-bond acceptors (Lipinski definition) is 5. The highest BCUT2D eigenvalue weighted by atomic mass is 19.4. The van der Waals surface area contributed by atoms with E-state index in [1.165, 1.54) is 6.07 Å². The van der Waals surface area contributed by atoms with Gasteiger partial charge in [-0.25, -0.2) is 0 Å². The molecule has 0 heterocycles. The smallest absolute Gasteiger partial charge is 0.419 e. The van der Waals surface area contributed by atoms with Crippen LogP contribution in [0.2, 0.25) is 0 Å². The van der Waals surface area contributed by atoms with E-state index in [1.807, 2.05) is 6.07 Å². The Morgan fingerprint density at radius 3 is 2.26 bits per heavy atom. The summed E-state index contributed by atoms with van der Waals surface area (Å²) in [5, 5.41) is 18.2. The van der Waals surface area contributed by atoms with Crippen LogP contribution in [0, 0.1) is 5.92 Å². The van der Waals surface area contributed by atoms with Gasteiger partial charge in [-0.2, -0.15) is 13.2 Å². The average Bonchev–Trinajstić information content (AvgIpc) is 2.77. The summed E-state index contributed by atoms with van der Waals surface area (Å²) in [6.45, 7) is -0.291. The third kappa shape index (κ3) is 7.33. The van der Waals surface area contributed by atoms with Crippen LogP contribution in [-0.2, 0) is 19.0 Å². The number of halogens is 3. The van der Waals surface area contributed by atoms with Gasteiger partial charge < -0.3 is 24.4 Å². The van der Waals surface area contributed by atoms with E-state index in [1.54, 1.807) is 32.4 Å². The Morgan fingerprint density at radius 1 is 0.903 bits per heavy atom. The number of aryl methyl sites for hydroxylation is 2. The molecule has 5 nitrogen and oxygen atoms in total. The molecule has 0 amide bonds. The van der Waals surface area contributed by atoms with Gasteiger partial charge in [-0.15, -0.1) is 0 Å². The fourth-order valence-corrected chi connectivity index (χ4v) is 3.19. The molecule has 0 aromatic heterocycles. The van der Waals surface area contributed by atoms with Crippen molar-refractivity contribution in [3.05, 3.63) is 53.1 Å². The van der Waals surface area contributed by atoms with E-state index in [-0.39, 0.29) is 31.5 Å². The molecule has 0 unspecified atom stereocenters. The van der Waals surface area contributed by atoms with Gasteiger partial charge in [0.2, 0.25) is 0 Å². The number of aliphatic hydroxyl groups excluding tert-OH is 2. The van der Waals surface area contributed by atoms with E-state index in [0.29, 0.717) is 42.7 Å². The molecular weight excluding hydrogens is 413 g/mol. The molecule has 0 aliphatic rings. The van der Waals surface area contributed by atoms with Gasteiger partial charge >= 0.3 is 6.18 Å². The quantitative estimate of drug-likeness (QED) is 0.481. The molecule has 0 bridgehead atoms. The van der Waals surface area contributed by atoms with Crippen molar-refractivity contribution in [3.8, 4) is 17.2 Å². The Morgan fingerprint density at radius 2 is 1.65 bits per heavy atom. The molecule has 172 valence electrons. The van der Waals surface area contributed by atoms with Gasteiger partial charge in [0, 0.05) is 25.2 Å². The zero-order valence-corrected chi connectivity index (χ0v) is 17.7. The molecule has 0 fully saturated rings. The van der Waals surface area contributed by atoms with Crippen LogP contribution in [0.15, 0.2) is 36.4 Å². The number of ether oxygens (including phenoxy) is 3. The summed E-state index contributed by atoms with van der Waals surface area (Å²) in [6, 6.07) is 9.42. The third-order valence-corrected chi connectivity index (χ3v) is 5.05. The van der Waals surface area contributed by atoms with Crippen LogP contribution >= 0.6 is 0 Å². The third-order valence-electron chi connectivity index (χ3n) is 5.05. The minimum absolute atomic E-state index is 0.120. The second kappa shape index (κ2) is 11.8. The first-order valence-corrected chi connectivity index (χ1v) is 10.1. The zero-order chi connectivity index (χ0) is 22.9. The lowest BCUT2D eigenvalue weighted by atomic mass is 9.99. The van der Waals surface area contributed by atoms with Crippen LogP contribution in [0.1, 0.15) is 29.5 Å². The van der Waals surface area contributed by atoms with Crippen molar-refractivity contribution in [2.24, 2.45) is 5.92 Å². The van der Waals surface area contributed by atoms with Crippen LogP contribution in [-0.4, -0.2) is 44.3 Å². The van der Waals surface area contributed by atoms with Gasteiger partial charge in [0.25, 0.3) is 0 Å². The normalized spacial score (nSPS) is 11.6. The van der Waals surface area contributed by atoms with E-state index < -0.39 is 11.7 Å². The lowest BCUT2D eigenvalue weighted by Gasteiger charge is -2.17. The molecule has 0 saturated carbocycles. The summed E-state index contributed by atoms with van der Waals surface area (Å²) in [6.07, 6.45) is -2.73. The van der Waals surface area contributed by atoms with Crippen molar-refractivity contribution in [3.63, 3.8) is 0 Å². The van der Waals surface area contributed by atoms with Gasteiger partial charge in [-0.3, -0.25) is 0 Å². The molecular formula is C23H29F3O5. The Hall–Kier alpha value is -2.45. The minimum atomic E-state index is -4.54. The lowest BCUT2D eigenvalue weighted by molar-refractivity contribution is -0.139. The molecule has 2 N–H and O–H groups in total. The average molecular weight is 442 g/mol. The predicted octanol–water partition coefficient (Wildman–Crippen LogP) is 4.27. The van der Waals surface area contributed by atoms with Crippen molar-refractivity contribution in [2.75, 3.05) is 34.0 Å². The second-order valence-electron chi connectivity index (χ2n) is 7.23. The van der Waals surface area contributed by atoms with Crippen molar-refractivity contribution in [1.29, 1.82) is 0 Å². The monoisotopic (exact) mass is 442 g/mol. The maximum Gasteiger partial charge on any atom is 0.419 e. The SMILES string of the molecule is COc1ccc(CCCOc2ccc(CCC(CO)CO)cc2C(F)(F)F)c(OC)c1. The Kier molecular flexibility index (Phi) is 9.45. The largest absolute Gasteiger partial charge is 0.497 e. The number of hydrogen-bond donors (Lipinski definition) is 2. The summed E-state index contributed by atoms with van der Waals surface area (Å²) < 4.78 is 56.5. The number of methoxy groups -OCH3 is 2. The van der Waals surface area contributed by atoms with Gasteiger partial charge in [0.05, 0.1) is 26.4 Å². The molecule has 0 saturated heterocycles. The van der Waals surface area contributed by atoms with Crippen LogP contribution < -0.4 is 14.2 Å². The van der Waals surface area contributed by atoms with Crippen LogP contribution in [0.5, 0.6) is 17.2 Å². The van der Waals surface area contributed by atoms with Gasteiger partial charge in [0.15, 0.2) is 0 Å². The molecule has 2 aromatic rings. The van der Waals surface area contributed by atoms with Gasteiger partial charge in [0.1, 0.15) is 17.2 Å². The van der Waals surface area contributed by atoms with Crippen LogP contribution in [0.4, 0.5) is 13.2 Å². The van der Waals surface area contributed by atoms with E-state index in [0.717, 1.165) is 11.6 Å². The highest BCUT2D eigenvalue weighted by Gasteiger charge is 2.34. The highest BCUT2D eigenvalue weighted by molar-refractivity contribution is 5.41. The Balaban J connectivity index is 2.01. The lowest BCUT2D eigenvalue weighted by Crippen LogP contribution is -2.13. The fraction of sp³-hybridized carbons (Fsp3) is 0.478. The van der Waals surface area contributed by atoms with E-state index in [4.69, 9.17) is 24.4 Å². The first-order chi connectivity index (χ1) is 14.8. The van der Waals surface area contributed by atoms with E-state index in [9.17, 15) is 13.2 Å². The van der Waals surface area contributed by atoms with Crippen molar-refractivity contribution in [2.45, 2.75) is 31.9 Å². The molecule has 0 aliphatic carbocycles. The van der Waals surface area contributed by atoms with Crippen molar-refractivity contribution >= 4 is 0 Å². The topological polar surface area (TPSA) is 68.2 Å². The van der Waals surface area contributed by atoms with Gasteiger partial charge in [-0.05, 0) is 55.0 Å². The minimum Gasteiger partial charge on any atom is -0.497 e. The predicted molar refractivity (Wildman–Crippen MR) is 111 cm³/mol. The number of benzene rings is 2. The summed E-state index contributed by atoms with van der Waals surface area (Å²) in [7, 11) is 3.11. The molecule has 0 spiro atoms. The highest BCUT2D eigenvalue weighted by Crippen LogP contribution is 2.37. The second-order valence-corrected chi connectivity index (χ2v) is 7.23. The molecule has 2 aromatic carbocycles. The zero-order valence-electron chi connectivity index (χ0n) is 17.7. The first-order valence-electron chi connectivity index (χ1n) is 10.1.